The Labute approximate surface area is 178 Å². The Hall–Kier alpha value is -3.22. The molecule has 13 heteroatoms. The Morgan fingerprint density at radius 1 is 1.32 bits per heavy atom. The lowest BCUT2D eigenvalue weighted by atomic mass is 10.1. The van der Waals surface area contributed by atoms with Crippen LogP contribution in [-0.4, -0.2) is 41.4 Å². The summed E-state index contributed by atoms with van der Waals surface area (Å²) in [4.78, 5) is 39.8. The van der Waals surface area contributed by atoms with Gasteiger partial charge in [0.1, 0.15) is 5.69 Å². The number of anilines is 2. The van der Waals surface area contributed by atoms with Crippen molar-refractivity contribution in [1.29, 1.82) is 0 Å². The third-order valence-corrected chi connectivity index (χ3v) is 5.38. The maximum atomic E-state index is 12.7. The summed E-state index contributed by atoms with van der Waals surface area (Å²) in [7, 11) is 0. The van der Waals surface area contributed by atoms with Gasteiger partial charge in [-0.05, 0) is 18.6 Å². The van der Waals surface area contributed by atoms with Crippen LogP contribution in [0.2, 0.25) is 0 Å². The van der Waals surface area contributed by atoms with E-state index in [4.69, 9.17) is 0 Å². The highest BCUT2D eigenvalue weighted by Gasteiger charge is 2.33. The lowest BCUT2D eigenvalue weighted by Gasteiger charge is -2.11. The second-order valence-electron chi connectivity index (χ2n) is 6.71. The molecule has 166 valence electrons. The number of alkyl halides is 3. The predicted molar refractivity (Wildman–Crippen MR) is 107 cm³/mol. The molecule has 31 heavy (non-hydrogen) atoms. The normalized spacial score (nSPS) is 14.0. The summed E-state index contributed by atoms with van der Waals surface area (Å²) >= 11 is 1.28. The number of nitro benzene ring substituents is 1. The molecule has 0 atom stereocenters. The molecule has 1 aromatic heterocycles. The first kappa shape index (κ1) is 22.5. The van der Waals surface area contributed by atoms with Crippen molar-refractivity contribution in [3.05, 3.63) is 45.0 Å². The van der Waals surface area contributed by atoms with Gasteiger partial charge in [0, 0.05) is 37.5 Å². The maximum Gasteiger partial charge on any atom is 0.416 e. The molecule has 1 aromatic carbocycles. The summed E-state index contributed by atoms with van der Waals surface area (Å²) in [6.45, 7) is 0.779. The lowest BCUT2D eigenvalue weighted by molar-refractivity contribution is -0.384. The molecule has 9 nitrogen and oxygen atoms in total. The van der Waals surface area contributed by atoms with Gasteiger partial charge in [0.25, 0.3) is 5.69 Å². The van der Waals surface area contributed by atoms with Crippen LogP contribution in [0.5, 0.6) is 0 Å². The second kappa shape index (κ2) is 9.29. The maximum absolute atomic E-state index is 12.7. The average Bonchev–Trinajstić information content (AvgIpc) is 3.32. The minimum Gasteiger partial charge on any atom is -0.378 e. The Kier molecular flexibility index (Phi) is 6.73. The SMILES string of the molecule is O=C(Cc1csc(N2CCCC2=O)n1)NCCNc1ccc(C(F)(F)F)cc1[N+](=O)[O-]. The fourth-order valence-electron chi connectivity index (χ4n) is 2.99. The molecule has 3 rings (SSSR count). The molecule has 1 fully saturated rings. The van der Waals surface area contributed by atoms with E-state index in [2.05, 4.69) is 15.6 Å². The van der Waals surface area contributed by atoms with Crippen molar-refractivity contribution < 1.29 is 27.7 Å². The van der Waals surface area contributed by atoms with Gasteiger partial charge in [-0.2, -0.15) is 13.2 Å². The predicted octanol–water partition coefficient (Wildman–Crippen LogP) is 2.97. The van der Waals surface area contributed by atoms with Gasteiger partial charge in [-0.25, -0.2) is 4.98 Å². The van der Waals surface area contributed by atoms with Crippen LogP contribution < -0.4 is 15.5 Å². The molecule has 0 saturated carbocycles. The zero-order valence-electron chi connectivity index (χ0n) is 16.1. The average molecular weight is 457 g/mol. The smallest absolute Gasteiger partial charge is 0.378 e. The highest BCUT2D eigenvalue weighted by molar-refractivity contribution is 7.14. The van der Waals surface area contributed by atoms with Crippen LogP contribution >= 0.6 is 11.3 Å². The van der Waals surface area contributed by atoms with Gasteiger partial charge >= 0.3 is 6.18 Å². The van der Waals surface area contributed by atoms with Crippen molar-refractivity contribution in [2.75, 3.05) is 29.9 Å². The van der Waals surface area contributed by atoms with Crippen LogP contribution in [0.25, 0.3) is 0 Å². The first-order valence-corrected chi connectivity index (χ1v) is 10.1. The van der Waals surface area contributed by atoms with Crippen molar-refractivity contribution in [2.45, 2.75) is 25.4 Å². The third-order valence-electron chi connectivity index (χ3n) is 4.47. The number of hydrogen-bond acceptors (Lipinski definition) is 7. The Balaban J connectivity index is 1.49. The number of halogens is 3. The Morgan fingerprint density at radius 2 is 2.10 bits per heavy atom. The number of carbonyl (C=O) groups is 2. The molecule has 0 spiro atoms. The fraction of sp³-hybridized carbons (Fsp3) is 0.389. The number of hydrogen-bond donors (Lipinski definition) is 2. The first-order chi connectivity index (χ1) is 14.6. The van der Waals surface area contributed by atoms with E-state index in [0.717, 1.165) is 18.6 Å². The van der Waals surface area contributed by atoms with Gasteiger partial charge in [-0.15, -0.1) is 11.3 Å². The molecule has 1 aliphatic rings. The van der Waals surface area contributed by atoms with Crippen molar-refractivity contribution >= 4 is 39.7 Å². The van der Waals surface area contributed by atoms with Gasteiger partial charge < -0.3 is 10.6 Å². The summed E-state index contributed by atoms with van der Waals surface area (Å²) in [5.41, 5.74) is -1.38. The summed E-state index contributed by atoms with van der Waals surface area (Å²) < 4.78 is 38.2. The molecule has 2 aromatic rings. The van der Waals surface area contributed by atoms with Crippen LogP contribution in [-0.2, 0) is 22.2 Å². The summed E-state index contributed by atoms with van der Waals surface area (Å²) in [6.07, 6.45) is -3.42. The molecule has 0 aliphatic carbocycles. The minimum absolute atomic E-state index is 0.00103. The molecule has 0 radical (unpaired) electrons. The number of nitrogens with one attached hydrogen (secondary N) is 2. The van der Waals surface area contributed by atoms with Crippen molar-refractivity contribution in [1.82, 2.24) is 10.3 Å². The summed E-state index contributed by atoms with van der Waals surface area (Å²) in [5.74, 6) is -0.331. The molecular formula is C18H18F3N5O4S. The van der Waals surface area contributed by atoms with E-state index in [1.807, 2.05) is 0 Å². The Bertz CT molecular complexity index is 995. The number of rotatable bonds is 8. The van der Waals surface area contributed by atoms with E-state index in [-0.39, 0.29) is 37.0 Å². The Morgan fingerprint density at radius 3 is 2.74 bits per heavy atom. The van der Waals surface area contributed by atoms with Gasteiger partial charge in [0.05, 0.1) is 22.6 Å². The number of benzene rings is 1. The van der Waals surface area contributed by atoms with Gasteiger partial charge in [0.15, 0.2) is 5.13 Å². The van der Waals surface area contributed by atoms with Gasteiger partial charge in [0.2, 0.25) is 11.8 Å². The minimum atomic E-state index is -4.69. The quantitative estimate of drug-likeness (QED) is 0.358. The van der Waals surface area contributed by atoms with Crippen molar-refractivity contribution in [3.8, 4) is 0 Å². The molecule has 1 saturated heterocycles. The second-order valence-corrected chi connectivity index (χ2v) is 7.55. The molecule has 0 bridgehead atoms. The number of amides is 2. The number of carbonyl (C=O) groups excluding carboxylic acids is 2. The van der Waals surface area contributed by atoms with E-state index in [1.54, 1.807) is 10.3 Å². The molecule has 2 N–H and O–H groups in total. The van der Waals surface area contributed by atoms with E-state index in [1.165, 1.54) is 11.3 Å². The zero-order chi connectivity index (χ0) is 22.6. The van der Waals surface area contributed by atoms with Crippen LogP contribution in [0.15, 0.2) is 23.6 Å². The molecule has 2 heterocycles. The van der Waals surface area contributed by atoms with E-state index >= 15 is 0 Å². The number of aromatic nitrogens is 1. The van der Waals surface area contributed by atoms with Crippen molar-refractivity contribution in [3.63, 3.8) is 0 Å². The third kappa shape index (κ3) is 5.69. The topological polar surface area (TPSA) is 117 Å². The monoisotopic (exact) mass is 457 g/mol. The van der Waals surface area contributed by atoms with Crippen LogP contribution in [0, 0.1) is 10.1 Å². The van der Waals surface area contributed by atoms with Crippen LogP contribution in [0.4, 0.5) is 29.7 Å². The number of nitrogens with zero attached hydrogens (tertiary/aromatic N) is 3. The largest absolute Gasteiger partial charge is 0.416 e. The highest BCUT2D eigenvalue weighted by atomic mass is 32.1. The van der Waals surface area contributed by atoms with E-state index in [0.29, 0.717) is 29.9 Å². The summed E-state index contributed by atoms with van der Waals surface area (Å²) in [6, 6.07) is 2.20. The summed E-state index contributed by atoms with van der Waals surface area (Å²) in [5, 5.41) is 18.6. The molecule has 2 amide bonds. The zero-order valence-corrected chi connectivity index (χ0v) is 16.9. The molecule has 1 aliphatic heterocycles. The van der Waals surface area contributed by atoms with E-state index in [9.17, 15) is 32.9 Å². The first-order valence-electron chi connectivity index (χ1n) is 9.26. The van der Waals surface area contributed by atoms with Crippen molar-refractivity contribution in [2.24, 2.45) is 0 Å². The van der Waals surface area contributed by atoms with Crippen LogP contribution in [0.3, 0.4) is 0 Å². The van der Waals surface area contributed by atoms with Crippen LogP contribution in [0.1, 0.15) is 24.1 Å². The van der Waals surface area contributed by atoms with Gasteiger partial charge in [-0.1, -0.05) is 0 Å². The fourth-order valence-corrected chi connectivity index (χ4v) is 3.85. The molecular weight excluding hydrogens is 439 g/mol. The lowest BCUT2D eigenvalue weighted by Crippen LogP contribution is -2.30. The molecule has 0 unspecified atom stereocenters. The number of thiazole rings is 1. The number of nitro groups is 1. The standard InChI is InChI=1S/C18H18F3N5O4S/c19-18(20,21)11-3-4-13(14(8-11)26(29)30)22-5-6-23-15(27)9-12-10-31-17(24-12)25-7-1-2-16(25)28/h3-4,8,10,22H,1-2,5-7,9H2,(H,23,27). The highest BCUT2D eigenvalue weighted by Crippen LogP contribution is 2.34. The van der Waals surface area contributed by atoms with Gasteiger partial charge in [-0.3, -0.25) is 24.6 Å². The van der Waals surface area contributed by atoms with E-state index < -0.39 is 22.4 Å².